The van der Waals surface area contributed by atoms with Crippen LogP contribution < -0.4 is 10.9 Å². The topological polar surface area (TPSA) is 116 Å². The van der Waals surface area contributed by atoms with E-state index in [4.69, 9.17) is 4.84 Å². The number of nitrogens with zero attached hydrogens (tertiary/aromatic N) is 5. The number of amides is 1. The van der Waals surface area contributed by atoms with Gasteiger partial charge in [0.1, 0.15) is 14.8 Å². The Morgan fingerprint density at radius 2 is 1.15 bits per heavy atom. The average Bonchev–Trinajstić information content (AvgIpc) is 3.19. The Morgan fingerprint density at radius 3 is 1.62 bits per heavy atom. The smallest absolute Gasteiger partial charge is 0.282 e. The third-order valence-electron chi connectivity index (χ3n) is 9.06. The number of carbonyl (C=O) groups is 2. The summed E-state index contributed by atoms with van der Waals surface area (Å²) in [6, 6.07) is 33.4. The summed E-state index contributed by atoms with van der Waals surface area (Å²) >= 11 is 6.75. The molecule has 0 saturated heterocycles. The molecule has 0 unspecified atom stereocenters. The van der Waals surface area contributed by atoms with E-state index in [9.17, 15) is 19.2 Å². The van der Waals surface area contributed by atoms with Gasteiger partial charge in [0.2, 0.25) is 10.9 Å². The van der Waals surface area contributed by atoms with Crippen LogP contribution in [0.15, 0.2) is 140 Å². The Kier molecular flexibility index (Phi) is 12.3. The summed E-state index contributed by atoms with van der Waals surface area (Å²) in [7, 11) is 2.85. The molecule has 4 heterocycles. The average molecular weight is 864 g/mol. The number of aromatic nitrogens is 4. The monoisotopic (exact) mass is 861 g/mol. The maximum Gasteiger partial charge on any atom is 0.282 e. The van der Waals surface area contributed by atoms with Gasteiger partial charge in [-0.05, 0) is 91.9 Å². The number of benzene rings is 3. The van der Waals surface area contributed by atoms with Crippen LogP contribution in [0.4, 0.5) is 0 Å². The fourth-order valence-electron chi connectivity index (χ4n) is 6.12. The first-order valence-electron chi connectivity index (χ1n) is 17.4. The van der Waals surface area contributed by atoms with Gasteiger partial charge in [0.15, 0.2) is 5.78 Å². The number of hydrogen-bond acceptors (Lipinski definition) is 7. The molecule has 0 atom stereocenters. The Hall–Kier alpha value is -5.56. The quantitative estimate of drug-likeness (QED) is 0.0814. The molecule has 278 valence electrons. The maximum atomic E-state index is 13.2. The number of hydrogen-bond donors (Lipinski definition) is 0. The van der Waals surface area contributed by atoms with Crippen LogP contribution in [-0.4, -0.2) is 50.0 Å². The van der Waals surface area contributed by atoms with Gasteiger partial charge >= 0.3 is 0 Å². The fourth-order valence-corrected chi connectivity index (χ4v) is 6.88. The molecule has 7 aromatic rings. The first-order valence-corrected chi connectivity index (χ1v) is 19.0. The first kappa shape index (κ1) is 39.1. The van der Waals surface area contributed by atoms with Crippen molar-refractivity contribution < 1.29 is 14.4 Å². The highest BCUT2D eigenvalue weighted by Crippen LogP contribution is 2.20. The maximum absolute atomic E-state index is 13.2. The minimum atomic E-state index is -0.491. The standard InChI is InChI=1S/C25H21BrN2O2.C18H16BrN3O3/c1-16(2)17-10-12-18(13-11-17)24(29)21-15-28(14-19-6-5-9-23(26)27-19)22-8-4-3-7-20(22)25(21)30;1-21(25-2)18(24)14-11-22(10-12-6-5-9-16(19)20-12)15-8-4-3-7-13(15)17(14)23/h3-13,15-16H,14H2,1-2H3;3-9,11H,10H2,1-2H3. The van der Waals surface area contributed by atoms with Crippen LogP contribution in [0.1, 0.15) is 63.0 Å². The largest absolute Gasteiger partial charge is 0.340 e. The number of fused-ring (bicyclic) bond motifs is 2. The molecule has 55 heavy (non-hydrogen) atoms. The number of ketones is 1. The molecule has 7 rings (SSSR count). The van der Waals surface area contributed by atoms with E-state index in [1.807, 2.05) is 88.0 Å². The van der Waals surface area contributed by atoms with Gasteiger partial charge in [0.05, 0.1) is 48.2 Å². The van der Waals surface area contributed by atoms with E-state index in [0.717, 1.165) is 42.3 Å². The molecule has 10 nitrogen and oxygen atoms in total. The summed E-state index contributed by atoms with van der Waals surface area (Å²) in [5.74, 6) is -0.379. The van der Waals surface area contributed by atoms with Crippen LogP contribution in [0.25, 0.3) is 21.8 Å². The lowest BCUT2D eigenvalue weighted by Gasteiger charge is -2.16. The second-order valence-electron chi connectivity index (χ2n) is 13.0. The van der Waals surface area contributed by atoms with Gasteiger partial charge in [-0.15, -0.1) is 0 Å². The van der Waals surface area contributed by atoms with E-state index in [0.29, 0.717) is 35.3 Å². The molecule has 0 spiro atoms. The summed E-state index contributed by atoms with van der Waals surface area (Å²) in [6.07, 6.45) is 3.22. The number of para-hydroxylation sites is 2. The minimum Gasteiger partial charge on any atom is -0.340 e. The molecular weight excluding hydrogens is 826 g/mol. The Balaban J connectivity index is 0.000000190. The van der Waals surface area contributed by atoms with Gasteiger partial charge in [0.25, 0.3) is 5.91 Å². The Morgan fingerprint density at radius 1 is 0.673 bits per heavy atom. The molecule has 0 fully saturated rings. The highest BCUT2D eigenvalue weighted by molar-refractivity contribution is 9.10. The van der Waals surface area contributed by atoms with E-state index in [-0.39, 0.29) is 27.8 Å². The van der Waals surface area contributed by atoms with Crippen molar-refractivity contribution in [1.82, 2.24) is 24.2 Å². The molecule has 1 amide bonds. The predicted molar refractivity (Wildman–Crippen MR) is 222 cm³/mol. The highest BCUT2D eigenvalue weighted by atomic mass is 79.9. The highest BCUT2D eigenvalue weighted by Gasteiger charge is 2.20. The van der Waals surface area contributed by atoms with E-state index in [2.05, 4.69) is 55.7 Å². The van der Waals surface area contributed by atoms with E-state index in [1.165, 1.54) is 14.2 Å². The van der Waals surface area contributed by atoms with Gasteiger partial charge in [-0.2, -0.15) is 0 Å². The van der Waals surface area contributed by atoms with Crippen molar-refractivity contribution in [2.45, 2.75) is 32.9 Å². The van der Waals surface area contributed by atoms with Crippen LogP contribution in [-0.2, 0) is 17.9 Å². The minimum absolute atomic E-state index is 0.0537. The van der Waals surface area contributed by atoms with Crippen molar-refractivity contribution in [2.24, 2.45) is 0 Å². The molecule has 3 aromatic carbocycles. The lowest BCUT2D eigenvalue weighted by molar-refractivity contribution is -0.0758. The van der Waals surface area contributed by atoms with Crippen LogP contribution in [0.2, 0.25) is 0 Å². The molecular formula is C43H37Br2N5O5. The van der Waals surface area contributed by atoms with E-state index >= 15 is 0 Å². The number of rotatable bonds is 9. The van der Waals surface area contributed by atoms with Crippen molar-refractivity contribution in [2.75, 3.05) is 14.2 Å². The Bertz CT molecular complexity index is 2660. The molecule has 4 aromatic heterocycles. The summed E-state index contributed by atoms with van der Waals surface area (Å²) in [5, 5.41) is 2.04. The predicted octanol–water partition coefficient (Wildman–Crippen LogP) is 8.40. The number of carbonyl (C=O) groups excluding carboxylic acids is 2. The van der Waals surface area contributed by atoms with Gasteiger partial charge in [-0.3, -0.25) is 24.0 Å². The third kappa shape index (κ3) is 8.88. The van der Waals surface area contributed by atoms with Gasteiger partial charge in [-0.25, -0.2) is 15.0 Å². The molecule has 0 aliphatic carbocycles. The van der Waals surface area contributed by atoms with Gasteiger partial charge < -0.3 is 9.13 Å². The third-order valence-corrected chi connectivity index (χ3v) is 9.94. The molecule has 0 radical (unpaired) electrons. The summed E-state index contributed by atoms with van der Waals surface area (Å²) < 4.78 is 5.24. The number of pyridine rings is 4. The SMILES string of the molecule is CC(C)c1ccc(C(=O)c2cn(Cc3cccc(Br)n3)c3ccccc3c2=O)cc1.CON(C)C(=O)c1cn(Cc2cccc(Br)n2)c2ccccc2c1=O. The summed E-state index contributed by atoms with van der Waals surface area (Å²) in [6.45, 7) is 5.09. The van der Waals surface area contributed by atoms with E-state index < -0.39 is 5.91 Å². The zero-order valence-electron chi connectivity index (χ0n) is 30.6. The molecule has 12 heteroatoms. The van der Waals surface area contributed by atoms with Crippen molar-refractivity contribution >= 4 is 65.4 Å². The fraction of sp³-hybridized carbons (Fsp3) is 0.163. The lowest BCUT2D eigenvalue weighted by Crippen LogP contribution is -2.31. The van der Waals surface area contributed by atoms with Crippen LogP contribution in [0.5, 0.6) is 0 Å². The number of halogens is 2. The van der Waals surface area contributed by atoms with Crippen LogP contribution in [0.3, 0.4) is 0 Å². The molecule has 0 N–H and O–H groups in total. The molecule has 0 saturated carbocycles. The van der Waals surface area contributed by atoms with Crippen molar-refractivity contribution in [3.63, 3.8) is 0 Å². The van der Waals surface area contributed by atoms with Crippen molar-refractivity contribution in [1.29, 1.82) is 0 Å². The normalized spacial score (nSPS) is 11.0. The zero-order valence-corrected chi connectivity index (χ0v) is 33.7. The molecule has 0 aliphatic heterocycles. The van der Waals surface area contributed by atoms with Gasteiger partial charge in [0, 0.05) is 35.8 Å². The second-order valence-corrected chi connectivity index (χ2v) is 14.7. The summed E-state index contributed by atoms with van der Waals surface area (Å²) in [4.78, 5) is 65.3. The second kappa shape index (κ2) is 17.3. The van der Waals surface area contributed by atoms with Crippen LogP contribution >= 0.6 is 31.9 Å². The van der Waals surface area contributed by atoms with E-state index in [1.54, 1.807) is 42.7 Å². The molecule has 0 bridgehead atoms. The molecule has 0 aliphatic rings. The lowest BCUT2D eigenvalue weighted by atomic mass is 9.98. The van der Waals surface area contributed by atoms with Crippen molar-refractivity contribution in [3.05, 3.63) is 185 Å². The Labute approximate surface area is 334 Å². The van der Waals surface area contributed by atoms with Crippen molar-refractivity contribution in [3.8, 4) is 0 Å². The zero-order chi connectivity index (χ0) is 39.2. The van der Waals surface area contributed by atoms with Gasteiger partial charge in [-0.1, -0.05) is 74.5 Å². The first-order chi connectivity index (χ1) is 26.4. The summed E-state index contributed by atoms with van der Waals surface area (Å²) in [5.41, 5.74) is 4.48. The number of hydroxylamine groups is 2. The van der Waals surface area contributed by atoms with Crippen LogP contribution in [0, 0.1) is 0 Å².